The summed E-state index contributed by atoms with van der Waals surface area (Å²) in [6.45, 7) is 0.657. The van der Waals surface area contributed by atoms with E-state index in [1.807, 2.05) is 0 Å². The number of nitro groups is 1. The summed E-state index contributed by atoms with van der Waals surface area (Å²) in [5.74, 6) is -0.547. The Kier molecular flexibility index (Phi) is 3.45. The van der Waals surface area contributed by atoms with E-state index in [4.69, 9.17) is 5.11 Å². The molecule has 0 unspecified atom stereocenters. The fourth-order valence-electron chi connectivity index (χ4n) is 1.92. The highest BCUT2D eigenvalue weighted by Gasteiger charge is 2.20. The third kappa shape index (κ3) is 2.58. The van der Waals surface area contributed by atoms with Crippen LogP contribution in [0.4, 0.5) is 11.4 Å². The van der Waals surface area contributed by atoms with Gasteiger partial charge in [0.15, 0.2) is 0 Å². The Labute approximate surface area is 104 Å². The Hall–Kier alpha value is -2.11. The topological polar surface area (TPSA) is 92.5 Å². The minimum atomic E-state index is -1.09. The summed E-state index contributed by atoms with van der Waals surface area (Å²) in [7, 11) is 0. The van der Waals surface area contributed by atoms with Gasteiger partial charge in [0.2, 0.25) is 0 Å². The molecular weight excluding hydrogens is 236 g/mol. The van der Waals surface area contributed by atoms with E-state index in [1.54, 1.807) is 0 Å². The molecule has 1 aliphatic carbocycles. The fraction of sp³-hybridized carbons (Fsp3) is 0.417. The molecule has 0 amide bonds. The molecule has 0 atom stereocenters. The zero-order valence-electron chi connectivity index (χ0n) is 9.76. The highest BCUT2D eigenvalue weighted by Crippen LogP contribution is 2.29. The second-order valence-electron chi connectivity index (χ2n) is 4.47. The smallest absolute Gasteiger partial charge is 0.335 e. The molecule has 0 saturated heterocycles. The second-order valence-corrected chi connectivity index (χ2v) is 4.47. The van der Waals surface area contributed by atoms with E-state index in [0.717, 1.165) is 12.8 Å². The number of nitro benzene ring substituents is 1. The molecule has 2 N–H and O–H groups in total. The summed E-state index contributed by atoms with van der Waals surface area (Å²) in [4.78, 5) is 21.2. The summed E-state index contributed by atoms with van der Waals surface area (Å²) in [5.41, 5.74) is 0.253. The van der Waals surface area contributed by atoms with E-state index in [2.05, 4.69) is 5.32 Å². The van der Waals surface area contributed by atoms with Crippen molar-refractivity contribution in [3.63, 3.8) is 0 Å². The number of carboxylic acids is 1. The van der Waals surface area contributed by atoms with Crippen molar-refractivity contribution >= 4 is 17.3 Å². The van der Waals surface area contributed by atoms with E-state index in [1.165, 1.54) is 24.6 Å². The van der Waals surface area contributed by atoms with Gasteiger partial charge in [0.05, 0.1) is 10.5 Å². The van der Waals surface area contributed by atoms with Crippen LogP contribution < -0.4 is 5.32 Å². The average Bonchev–Trinajstić information content (AvgIpc) is 2.26. The molecule has 0 bridgehead atoms. The molecule has 0 spiro atoms. The van der Waals surface area contributed by atoms with Crippen LogP contribution in [0.3, 0.4) is 0 Å². The van der Waals surface area contributed by atoms with Gasteiger partial charge in [0.1, 0.15) is 5.69 Å². The minimum absolute atomic E-state index is 0.0525. The Morgan fingerprint density at radius 3 is 2.72 bits per heavy atom. The SMILES string of the molecule is O=C(O)c1ccc([N+](=O)[O-])c(NCC2CCC2)c1. The maximum absolute atomic E-state index is 10.8. The minimum Gasteiger partial charge on any atom is -0.478 e. The molecule has 6 heteroatoms. The van der Waals surface area contributed by atoms with Crippen LogP contribution in [0.2, 0.25) is 0 Å². The van der Waals surface area contributed by atoms with Crippen molar-refractivity contribution in [2.24, 2.45) is 5.92 Å². The molecule has 0 aliphatic heterocycles. The Bertz CT molecular complexity index is 483. The maximum Gasteiger partial charge on any atom is 0.335 e. The highest BCUT2D eigenvalue weighted by atomic mass is 16.6. The normalized spacial score (nSPS) is 14.9. The molecule has 18 heavy (non-hydrogen) atoms. The lowest BCUT2D eigenvalue weighted by atomic mass is 9.85. The van der Waals surface area contributed by atoms with Crippen LogP contribution in [-0.2, 0) is 0 Å². The van der Waals surface area contributed by atoms with Crippen LogP contribution >= 0.6 is 0 Å². The third-order valence-electron chi connectivity index (χ3n) is 3.25. The standard InChI is InChI=1S/C12H14N2O4/c15-12(16)9-4-5-11(14(17)18)10(6-9)13-7-8-2-1-3-8/h4-6,8,13H,1-3,7H2,(H,15,16). The molecule has 0 radical (unpaired) electrons. The van der Waals surface area contributed by atoms with Crippen LogP contribution in [0.15, 0.2) is 18.2 Å². The van der Waals surface area contributed by atoms with Gasteiger partial charge in [0, 0.05) is 12.6 Å². The van der Waals surface area contributed by atoms with Crippen molar-refractivity contribution in [1.82, 2.24) is 0 Å². The zero-order valence-corrected chi connectivity index (χ0v) is 9.76. The molecule has 96 valence electrons. The van der Waals surface area contributed by atoms with E-state index in [-0.39, 0.29) is 16.9 Å². The van der Waals surface area contributed by atoms with Gasteiger partial charge in [-0.2, -0.15) is 0 Å². The number of nitrogens with one attached hydrogen (secondary N) is 1. The molecule has 0 aromatic heterocycles. The number of aromatic carboxylic acids is 1. The van der Waals surface area contributed by atoms with Gasteiger partial charge in [-0.1, -0.05) is 6.42 Å². The summed E-state index contributed by atoms with van der Waals surface area (Å²) in [5, 5.41) is 22.7. The summed E-state index contributed by atoms with van der Waals surface area (Å²) >= 11 is 0. The van der Waals surface area contributed by atoms with Gasteiger partial charge in [-0.15, -0.1) is 0 Å². The predicted octanol–water partition coefficient (Wildman–Crippen LogP) is 2.51. The van der Waals surface area contributed by atoms with Crippen molar-refractivity contribution in [1.29, 1.82) is 0 Å². The number of rotatable bonds is 5. The molecule has 6 nitrogen and oxygen atoms in total. The van der Waals surface area contributed by atoms with Gasteiger partial charge in [-0.3, -0.25) is 10.1 Å². The Morgan fingerprint density at radius 1 is 1.50 bits per heavy atom. The van der Waals surface area contributed by atoms with Crippen LogP contribution in [0, 0.1) is 16.0 Å². The van der Waals surface area contributed by atoms with Crippen LogP contribution in [0.1, 0.15) is 29.6 Å². The monoisotopic (exact) mass is 250 g/mol. The van der Waals surface area contributed by atoms with Crippen LogP contribution in [-0.4, -0.2) is 22.5 Å². The fourth-order valence-corrected chi connectivity index (χ4v) is 1.92. The van der Waals surface area contributed by atoms with Crippen molar-refractivity contribution in [3.8, 4) is 0 Å². The molecule has 1 saturated carbocycles. The number of carboxylic acid groups (broad SMARTS) is 1. The molecule has 0 heterocycles. The van der Waals surface area contributed by atoms with E-state index in [9.17, 15) is 14.9 Å². The molecular formula is C12H14N2O4. The molecule has 1 aromatic carbocycles. The number of carbonyl (C=O) groups is 1. The molecule has 1 aromatic rings. The lowest BCUT2D eigenvalue weighted by molar-refractivity contribution is -0.384. The lowest BCUT2D eigenvalue weighted by Crippen LogP contribution is -2.21. The summed E-state index contributed by atoms with van der Waals surface area (Å²) < 4.78 is 0. The van der Waals surface area contributed by atoms with Crippen LogP contribution in [0.25, 0.3) is 0 Å². The predicted molar refractivity (Wildman–Crippen MR) is 65.9 cm³/mol. The summed E-state index contributed by atoms with van der Waals surface area (Å²) in [6, 6.07) is 3.79. The first-order valence-corrected chi connectivity index (χ1v) is 5.83. The first-order chi connectivity index (χ1) is 8.58. The number of benzene rings is 1. The average molecular weight is 250 g/mol. The number of nitrogens with zero attached hydrogens (tertiary/aromatic N) is 1. The Morgan fingerprint density at radius 2 is 2.22 bits per heavy atom. The maximum atomic E-state index is 10.8. The third-order valence-corrected chi connectivity index (χ3v) is 3.25. The van der Waals surface area contributed by atoms with Gasteiger partial charge in [0.25, 0.3) is 5.69 Å². The lowest BCUT2D eigenvalue weighted by Gasteiger charge is -2.25. The van der Waals surface area contributed by atoms with Crippen molar-refractivity contribution in [3.05, 3.63) is 33.9 Å². The molecule has 1 fully saturated rings. The first-order valence-electron chi connectivity index (χ1n) is 5.83. The number of hydrogen-bond donors (Lipinski definition) is 2. The van der Waals surface area contributed by atoms with Crippen molar-refractivity contribution in [2.45, 2.75) is 19.3 Å². The zero-order chi connectivity index (χ0) is 13.1. The highest BCUT2D eigenvalue weighted by molar-refractivity contribution is 5.90. The van der Waals surface area contributed by atoms with E-state index >= 15 is 0 Å². The molecule has 1 aliphatic rings. The van der Waals surface area contributed by atoms with Crippen molar-refractivity contribution in [2.75, 3.05) is 11.9 Å². The van der Waals surface area contributed by atoms with Gasteiger partial charge in [-0.25, -0.2) is 4.79 Å². The number of hydrogen-bond acceptors (Lipinski definition) is 4. The van der Waals surface area contributed by atoms with Crippen LogP contribution in [0.5, 0.6) is 0 Å². The second kappa shape index (κ2) is 5.03. The van der Waals surface area contributed by atoms with E-state index < -0.39 is 10.9 Å². The summed E-state index contributed by atoms with van der Waals surface area (Å²) in [6.07, 6.45) is 3.45. The molecule has 2 rings (SSSR count). The van der Waals surface area contributed by atoms with Gasteiger partial charge >= 0.3 is 5.97 Å². The Balaban J connectivity index is 2.19. The quantitative estimate of drug-likeness (QED) is 0.618. The van der Waals surface area contributed by atoms with E-state index in [0.29, 0.717) is 12.5 Å². The van der Waals surface area contributed by atoms with Crippen molar-refractivity contribution < 1.29 is 14.8 Å². The van der Waals surface area contributed by atoms with Gasteiger partial charge < -0.3 is 10.4 Å². The first kappa shape index (κ1) is 12.3. The van der Waals surface area contributed by atoms with Gasteiger partial charge in [-0.05, 0) is 30.9 Å². The largest absolute Gasteiger partial charge is 0.478 e. The number of anilines is 1.